The number of carbonyl (C=O) groups excluding carboxylic acids is 3. The molecular formula is C19H23N3O5. The number of alkyl carbamates (subject to hydrolysis) is 1. The topological polar surface area (TPSA) is 110 Å². The van der Waals surface area contributed by atoms with Gasteiger partial charge < -0.3 is 25.1 Å². The first kappa shape index (κ1) is 20.0. The summed E-state index contributed by atoms with van der Waals surface area (Å²) in [5, 5.41) is 7.92. The first-order valence-electron chi connectivity index (χ1n) is 8.68. The SMILES string of the molecule is O=C(CCCNC(=O)OCc1ccccc1)NCCNC(=O)c1ccco1. The van der Waals surface area contributed by atoms with Gasteiger partial charge >= 0.3 is 6.09 Å². The summed E-state index contributed by atoms with van der Waals surface area (Å²) >= 11 is 0. The molecule has 27 heavy (non-hydrogen) atoms. The van der Waals surface area contributed by atoms with Gasteiger partial charge in [-0.3, -0.25) is 9.59 Å². The van der Waals surface area contributed by atoms with E-state index in [0.717, 1.165) is 5.56 Å². The number of ether oxygens (including phenoxy) is 1. The van der Waals surface area contributed by atoms with E-state index in [1.807, 2.05) is 30.3 Å². The molecular weight excluding hydrogens is 350 g/mol. The molecule has 2 aromatic rings. The van der Waals surface area contributed by atoms with Crippen molar-refractivity contribution in [2.24, 2.45) is 0 Å². The van der Waals surface area contributed by atoms with Gasteiger partial charge in [0.25, 0.3) is 5.91 Å². The van der Waals surface area contributed by atoms with Crippen molar-refractivity contribution in [3.05, 3.63) is 60.1 Å². The van der Waals surface area contributed by atoms with Gasteiger partial charge in [-0.2, -0.15) is 0 Å². The maximum Gasteiger partial charge on any atom is 0.407 e. The quantitative estimate of drug-likeness (QED) is 0.551. The molecule has 8 nitrogen and oxygen atoms in total. The number of benzene rings is 1. The largest absolute Gasteiger partial charge is 0.459 e. The van der Waals surface area contributed by atoms with Crippen molar-refractivity contribution in [1.29, 1.82) is 0 Å². The van der Waals surface area contributed by atoms with Crippen LogP contribution < -0.4 is 16.0 Å². The number of amides is 3. The number of hydrogen-bond acceptors (Lipinski definition) is 5. The Bertz CT molecular complexity index is 716. The number of rotatable bonds is 10. The summed E-state index contributed by atoms with van der Waals surface area (Å²) in [5.41, 5.74) is 0.908. The van der Waals surface area contributed by atoms with Crippen LogP contribution in [0.4, 0.5) is 4.79 Å². The summed E-state index contributed by atoms with van der Waals surface area (Å²) in [5.74, 6) is -0.249. The summed E-state index contributed by atoms with van der Waals surface area (Å²) in [6.45, 7) is 1.17. The number of nitrogens with one attached hydrogen (secondary N) is 3. The van der Waals surface area contributed by atoms with Crippen LogP contribution in [-0.2, 0) is 16.1 Å². The Hall–Kier alpha value is -3.29. The third kappa shape index (κ3) is 8.08. The molecule has 0 fully saturated rings. The van der Waals surface area contributed by atoms with E-state index < -0.39 is 6.09 Å². The van der Waals surface area contributed by atoms with Crippen molar-refractivity contribution in [3.63, 3.8) is 0 Å². The zero-order valence-electron chi connectivity index (χ0n) is 14.9. The third-order valence-corrected chi connectivity index (χ3v) is 3.54. The van der Waals surface area contributed by atoms with Gasteiger partial charge in [-0.15, -0.1) is 0 Å². The van der Waals surface area contributed by atoms with Gasteiger partial charge in [0.1, 0.15) is 6.61 Å². The Morgan fingerprint density at radius 2 is 1.67 bits per heavy atom. The van der Waals surface area contributed by atoms with Gasteiger partial charge in [-0.25, -0.2) is 4.79 Å². The van der Waals surface area contributed by atoms with Crippen LogP contribution in [0.5, 0.6) is 0 Å². The van der Waals surface area contributed by atoms with E-state index in [1.165, 1.54) is 6.26 Å². The second-order valence-corrected chi connectivity index (χ2v) is 5.68. The minimum absolute atomic E-state index is 0.151. The van der Waals surface area contributed by atoms with E-state index >= 15 is 0 Å². The van der Waals surface area contributed by atoms with E-state index in [-0.39, 0.29) is 30.6 Å². The van der Waals surface area contributed by atoms with E-state index in [0.29, 0.717) is 26.1 Å². The second-order valence-electron chi connectivity index (χ2n) is 5.68. The van der Waals surface area contributed by atoms with Gasteiger partial charge in [0.2, 0.25) is 5.91 Å². The molecule has 0 saturated heterocycles. The van der Waals surface area contributed by atoms with Crippen LogP contribution in [-0.4, -0.2) is 37.5 Å². The number of hydrogen-bond donors (Lipinski definition) is 3. The van der Waals surface area contributed by atoms with Gasteiger partial charge in [0, 0.05) is 26.1 Å². The van der Waals surface area contributed by atoms with E-state index in [2.05, 4.69) is 16.0 Å². The van der Waals surface area contributed by atoms with Crippen LogP contribution in [0.1, 0.15) is 29.0 Å². The number of furan rings is 1. The average molecular weight is 373 g/mol. The van der Waals surface area contributed by atoms with Crippen molar-refractivity contribution >= 4 is 17.9 Å². The Morgan fingerprint density at radius 3 is 2.41 bits per heavy atom. The Labute approximate surface area is 157 Å². The lowest BCUT2D eigenvalue weighted by Crippen LogP contribution is -2.35. The molecule has 0 aliphatic heterocycles. The normalized spacial score (nSPS) is 10.1. The first-order chi connectivity index (χ1) is 13.1. The fourth-order valence-electron chi connectivity index (χ4n) is 2.17. The fourth-order valence-corrected chi connectivity index (χ4v) is 2.17. The molecule has 1 heterocycles. The van der Waals surface area contributed by atoms with Gasteiger partial charge in [0.15, 0.2) is 5.76 Å². The van der Waals surface area contributed by atoms with Crippen molar-refractivity contribution in [3.8, 4) is 0 Å². The highest BCUT2D eigenvalue weighted by molar-refractivity contribution is 5.91. The van der Waals surface area contributed by atoms with Crippen molar-refractivity contribution < 1.29 is 23.5 Å². The highest BCUT2D eigenvalue weighted by Gasteiger charge is 2.07. The van der Waals surface area contributed by atoms with Crippen molar-refractivity contribution in [2.75, 3.05) is 19.6 Å². The van der Waals surface area contributed by atoms with Gasteiger partial charge in [0.05, 0.1) is 6.26 Å². The molecule has 0 radical (unpaired) electrons. The molecule has 0 aliphatic rings. The lowest BCUT2D eigenvalue weighted by molar-refractivity contribution is -0.121. The predicted octanol–water partition coefficient (Wildman–Crippen LogP) is 1.83. The van der Waals surface area contributed by atoms with Crippen LogP contribution in [0.25, 0.3) is 0 Å². The summed E-state index contributed by atoms with van der Waals surface area (Å²) in [6, 6.07) is 12.6. The molecule has 3 N–H and O–H groups in total. The van der Waals surface area contributed by atoms with E-state index in [1.54, 1.807) is 12.1 Å². The number of carbonyl (C=O) groups is 3. The van der Waals surface area contributed by atoms with Crippen LogP contribution in [0.3, 0.4) is 0 Å². The fraction of sp³-hybridized carbons (Fsp3) is 0.316. The zero-order chi connectivity index (χ0) is 19.3. The van der Waals surface area contributed by atoms with E-state index in [4.69, 9.17) is 9.15 Å². The van der Waals surface area contributed by atoms with Gasteiger partial charge in [-0.1, -0.05) is 30.3 Å². The van der Waals surface area contributed by atoms with Crippen LogP contribution in [0.15, 0.2) is 53.1 Å². The minimum atomic E-state index is -0.514. The third-order valence-electron chi connectivity index (χ3n) is 3.54. The molecule has 1 aromatic heterocycles. The zero-order valence-corrected chi connectivity index (χ0v) is 14.9. The molecule has 0 aliphatic carbocycles. The highest BCUT2D eigenvalue weighted by Crippen LogP contribution is 2.00. The van der Waals surface area contributed by atoms with E-state index in [9.17, 15) is 14.4 Å². The summed E-state index contributed by atoms with van der Waals surface area (Å²) < 4.78 is 10.0. The van der Waals surface area contributed by atoms with Crippen LogP contribution in [0.2, 0.25) is 0 Å². The summed E-state index contributed by atoms with van der Waals surface area (Å²) in [4.78, 5) is 34.8. The monoisotopic (exact) mass is 373 g/mol. The van der Waals surface area contributed by atoms with Crippen LogP contribution >= 0.6 is 0 Å². The lowest BCUT2D eigenvalue weighted by Gasteiger charge is -2.08. The Morgan fingerprint density at radius 1 is 0.889 bits per heavy atom. The molecule has 0 bridgehead atoms. The standard InChI is InChI=1S/C19H23N3O5/c23-17(20-11-12-21-18(24)16-8-5-13-26-16)9-4-10-22-19(25)27-14-15-6-2-1-3-7-15/h1-3,5-8,13H,4,9-12,14H2,(H,20,23)(H,21,24)(H,22,25). The molecule has 0 saturated carbocycles. The predicted molar refractivity (Wildman–Crippen MR) is 97.9 cm³/mol. The molecule has 3 amide bonds. The Balaban J connectivity index is 1.46. The van der Waals surface area contributed by atoms with Crippen LogP contribution in [0, 0.1) is 0 Å². The molecule has 0 unspecified atom stereocenters. The maximum absolute atomic E-state index is 11.7. The van der Waals surface area contributed by atoms with Crippen molar-refractivity contribution in [1.82, 2.24) is 16.0 Å². The molecule has 8 heteroatoms. The van der Waals surface area contributed by atoms with Crippen molar-refractivity contribution in [2.45, 2.75) is 19.4 Å². The smallest absolute Gasteiger partial charge is 0.407 e. The molecule has 0 atom stereocenters. The highest BCUT2D eigenvalue weighted by atomic mass is 16.5. The first-order valence-corrected chi connectivity index (χ1v) is 8.68. The molecule has 0 spiro atoms. The average Bonchev–Trinajstić information content (AvgIpc) is 3.22. The summed E-state index contributed by atoms with van der Waals surface area (Å²) in [7, 11) is 0. The summed E-state index contributed by atoms with van der Waals surface area (Å²) in [6.07, 6.45) is 1.66. The Kier molecular flexibility index (Phi) is 8.42. The molecule has 2 rings (SSSR count). The second kappa shape index (κ2) is 11.3. The maximum atomic E-state index is 11.7. The van der Waals surface area contributed by atoms with Gasteiger partial charge in [-0.05, 0) is 24.1 Å². The minimum Gasteiger partial charge on any atom is -0.459 e. The molecule has 1 aromatic carbocycles. The lowest BCUT2D eigenvalue weighted by atomic mass is 10.2. The molecule has 144 valence electrons.